The predicted octanol–water partition coefficient (Wildman–Crippen LogP) is -0.397. The molecule has 0 saturated carbocycles. The predicted molar refractivity (Wildman–Crippen MR) is 68.8 cm³/mol. The van der Waals surface area contributed by atoms with Crippen molar-refractivity contribution in [2.24, 2.45) is 0 Å². The van der Waals surface area contributed by atoms with Crippen molar-refractivity contribution in [2.45, 2.75) is 10.4 Å². The topological polar surface area (TPSA) is 83.8 Å². The van der Waals surface area contributed by atoms with E-state index in [1.165, 1.54) is 0 Å². The number of hydrogen-bond donors (Lipinski definition) is 3. The van der Waals surface area contributed by atoms with Gasteiger partial charge in [0.1, 0.15) is 0 Å². The minimum atomic E-state index is -1.46. The summed E-state index contributed by atoms with van der Waals surface area (Å²) in [5.41, 5.74) is 7.39. The SMILES string of the molecule is Nc1cnn2c([As](CCO)CCO)cccc12. The molecule has 2 heterocycles. The van der Waals surface area contributed by atoms with E-state index in [1.54, 1.807) is 6.20 Å². The molecule has 17 heavy (non-hydrogen) atoms. The van der Waals surface area contributed by atoms with Crippen molar-refractivity contribution in [1.29, 1.82) is 0 Å². The first-order valence-corrected chi connectivity index (χ1v) is 9.06. The van der Waals surface area contributed by atoms with Crippen molar-refractivity contribution in [3.63, 3.8) is 0 Å². The molecule has 0 atom stereocenters. The summed E-state index contributed by atoms with van der Waals surface area (Å²) < 4.78 is 2.97. The van der Waals surface area contributed by atoms with Crippen LogP contribution in [0.4, 0.5) is 5.69 Å². The van der Waals surface area contributed by atoms with Gasteiger partial charge < -0.3 is 0 Å². The molecule has 0 spiro atoms. The molecule has 6 heteroatoms. The van der Waals surface area contributed by atoms with E-state index in [1.807, 2.05) is 22.7 Å². The number of aliphatic hydroxyl groups excluding tert-OH is 2. The molecule has 0 radical (unpaired) electrons. The van der Waals surface area contributed by atoms with E-state index < -0.39 is 14.7 Å². The van der Waals surface area contributed by atoms with Crippen LogP contribution in [0, 0.1) is 0 Å². The van der Waals surface area contributed by atoms with Gasteiger partial charge in [-0.3, -0.25) is 0 Å². The Morgan fingerprint density at radius 2 is 1.94 bits per heavy atom. The average Bonchev–Trinajstić information content (AvgIpc) is 2.71. The van der Waals surface area contributed by atoms with Crippen molar-refractivity contribution in [2.75, 3.05) is 18.9 Å². The molecule has 0 aromatic carbocycles. The van der Waals surface area contributed by atoms with Crippen LogP contribution in [-0.2, 0) is 0 Å². The van der Waals surface area contributed by atoms with Crippen LogP contribution in [0.5, 0.6) is 0 Å². The molecule has 4 N–H and O–H groups in total. The van der Waals surface area contributed by atoms with Gasteiger partial charge in [-0.05, 0) is 0 Å². The average molecular weight is 297 g/mol. The molecule has 2 aromatic rings. The van der Waals surface area contributed by atoms with Crippen LogP contribution >= 0.6 is 0 Å². The van der Waals surface area contributed by atoms with Crippen molar-refractivity contribution in [3.8, 4) is 0 Å². The molecule has 92 valence electrons. The third kappa shape index (κ3) is 2.46. The van der Waals surface area contributed by atoms with Gasteiger partial charge in [0, 0.05) is 0 Å². The second-order valence-electron chi connectivity index (χ2n) is 3.72. The monoisotopic (exact) mass is 297 g/mol. The van der Waals surface area contributed by atoms with E-state index in [0.717, 1.165) is 20.4 Å². The number of aliphatic hydroxyl groups is 2. The van der Waals surface area contributed by atoms with E-state index in [2.05, 4.69) is 5.10 Å². The number of nitrogens with zero attached hydrogens (tertiary/aromatic N) is 2. The summed E-state index contributed by atoms with van der Waals surface area (Å²) in [6, 6.07) is 5.90. The Hall–Kier alpha value is -1.03. The fourth-order valence-corrected chi connectivity index (χ4v) is 5.80. The third-order valence-corrected chi connectivity index (χ3v) is 7.79. The van der Waals surface area contributed by atoms with Crippen molar-refractivity contribution in [3.05, 3.63) is 24.4 Å². The Morgan fingerprint density at radius 1 is 1.24 bits per heavy atom. The molecule has 0 aliphatic heterocycles. The van der Waals surface area contributed by atoms with E-state index in [9.17, 15) is 0 Å². The van der Waals surface area contributed by atoms with Crippen LogP contribution in [0.25, 0.3) is 5.52 Å². The fraction of sp³-hybridized carbons (Fsp3) is 0.364. The Kier molecular flexibility index (Phi) is 4.05. The van der Waals surface area contributed by atoms with Gasteiger partial charge in [0.2, 0.25) is 0 Å². The Balaban J connectivity index is 2.44. The third-order valence-electron chi connectivity index (χ3n) is 2.62. The van der Waals surface area contributed by atoms with Crippen LogP contribution in [-0.4, -0.2) is 47.7 Å². The molecule has 2 rings (SSSR count). The molecule has 0 unspecified atom stereocenters. The van der Waals surface area contributed by atoms with Gasteiger partial charge in [-0.25, -0.2) is 0 Å². The van der Waals surface area contributed by atoms with Crippen molar-refractivity contribution >= 4 is 30.3 Å². The molecule has 0 bridgehead atoms. The van der Waals surface area contributed by atoms with E-state index in [4.69, 9.17) is 15.9 Å². The van der Waals surface area contributed by atoms with Gasteiger partial charge in [0.15, 0.2) is 0 Å². The summed E-state index contributed by atoms with van der Waals surface area (Å²) in [7, 11) is 0. The molecular weight excluding hydrogens is 281 g/mol. The van der Waals surface area contributed by atoms with Gasteiger partial charge in [-0.15, -0.1) is 0 Å². The van der Waals surface area contributed by atoms with Crippen LogP contribution in [0.15, 0.2) is 24.4 Å². The summed E-state index contributed by atoms with van der Waals surface area (Å²) in [5, 5.41) is 24.0. The number of nitrogen functional groups attached to an aromatic ring is 1. The van der Waals surface area contributed by atoms with E-state index in [0.29, 0.717) is 5.69 Å². The van der Waals surface area contributed by atoms with E-state index in [-0.39, 0.29) is 13.2 Å². The van der Waals surface area contributed by atoms with Crippen LogP contribution in [0.3, 0.4) is 0 Å². The Morgan fingerprint density at radius 3 is 2.59 bits per heavy atom. The van der Waals surface area contributed by atoms with E-state index >= 15 is 0 Å². The second-order valence-corrected chi connectivity index (χ2v) is 8.82. The number of aromatic nitrogens is 2. The fourth-order valence-electron chi connectivity index (χ4n) is 1.84. The van der Waals surface area contributed by atoms with Crippen LogP contribution < -0.4 is 10.2 Å². The summed E-state index contributed by atoms with van der Waals surface area (Å²) in [5.74, 6) is 0. The maximum absolute atomic E-state index is 9.10. The van der Waals surface area contributed by atoms with Crippen LogP contribution in [0.1, 0.15) is 0 Å². The molecule has 0 aliphatic rings. The van der Waals surface area contributed by atoms with Crippen molar-refractivity contribution in [1.82, 2.24) is 9.61 Å². The van der Waals surface area contributed by atoms with Gasteiger partial charge in [0.25, 0.3) is 0 Å². The Labute approximate surface area is 104 Å². The maximum atomic E-state index is 9.10. The summed E-state index contributed by atoms with van der Waals surface area (Å²) in [6.07, 6.45) is 1.64. The zero-order valence-electron chi connectivity index (χ0n) is 9.45. The van der Waals surface area contributed by atoms with Gasteiger partial charge in [-0.1, -0.05) is 0 Å². The molecule has 0 aliphatic carbocycles. The molecule has 0 saturated heterocycles. The standard InChI is InChI=1S/C11H16AsN3O2/c13-9-8-14-15-10(9)2-1-3-11(15)12(4-6-16)5-7-17/h1-3,8,16-17H,4-7,13H2. The number of rotatable bonds is 5. The molecule has 2 aromatic heterocycles. The zero-order valence-corrected chi connectivity index (χ0v) is 11.3. The van der Waals surface area contributed by atoms with Crippen molar-refractivity contribution < 1.29 is 10.2 Å². The second kappa shape index (κ2) is 5.54. The normalized spacial score (nSPS) is 11.5. The number of pyridine rings is 1. The molecule has 0 fully saturated rings. The number of fused-ring (bicyclic) bond motifs is 1. The first-order valence-electron chi connectivity index (χ1n) is 5.47. The molecular formula is C11H16AsN3O2. The van der Waals surface area contributed by atoms with Gasteiger partial charge in [-0.2, -0.15) is 0 Å². The molecule has 5 nitrogen and oxygen atoms in total. The minimum absolute atomic E-state index is 0.160. The van der Waals surface area contributed by atoms with Gasteiger partial charge in [0.05, 0.1) is 0 Å². The summed E-state index contributed by atoms with van der Waals surface area (Å²) in [4.78, 5) is 0. The van der Waals surface area contributed by atoms with Gasteiger partial charge >= 0.3 is 104 Å². The Bertz CT molecular complexity index is 494. The summed E-state index contributed by atoms with van der Waals surface area (Å²) in [6.45, 7) is 0.320. The quantitative estimate of drug-likeness (QED) is 0.656. The number of nitrogens with two attached hydrogens (primary N) is 1. The molecule has 0 amide bonds. The first kappa shape index (κ1) is 12.4. The summed E-state index contributed by atoms with van der Waals surface area (Å²) >= 11 is -1.46. The number of hydrogen-bond acceptors (Lipinski definition) is 4. The zero-order chi connectivity index (χ0) is 12.3. The van der Waals surface area contributed by atoms with Crippen LogP contribution in [0.2, 0.25) is 10.4 Å². The first-order chi connectivity index (χ1) is 8.27. The number of anilines is 1.